The van der Waals surface area contributed by atoms with E-state index < -0.39 is 0 Å². The fourth-order valence-corrected chi connectivity index (χ4v) is 1.51. The Hall–Kier alpha value is -1.44. The Balaban J connectivity index is 0.000000606. The minimum atomic E-state index is 0.978. The Morgan fingerprint density at radius 3 is 2.31 bits per heavy atom. The van der Waals surface area contributed by atoms with Crippen LogP contribution in [0.25, 0.3) is 10.9 Å². The van der Waals surface area contributed by atoms with Crippen molar-refractivity contribution < 1.29 is 0 Å². The van der Waals surface area contributed by atoms with Crippen molar-refractivity contribution in [2.45, 2.75) is 40.5 Å². The molecule has 0 spiro atoms. The molecule has 2 aromatic rings. The average molecular weight is 216 g/mol. The van der Waals surface area contributed by atoms with Crippen LogP contribution in [0.4, 0.5) is 0 Å². The van der Waals surface area contributed by atoms with E-state index in [9.17, 15) is 0 Å². The minimum absolute atomic E-state index is 0.978. The van der Waals surface area contributed by atoms with Crippen molar-refractivity contribution in [1.82, 2.24) is 9.97 Å². The maximum absolute atomic E-state index is 4.36. The molecule has 0 bridgehead atoms. The Labute approximate surface area is 97.7 Å². The standard InChI is InChI=1S/C12H14N2.C2H6/c1-3-9-5-10-6-11(4-2)13-8-12(10)14-7-9;1-2/h5-8H,3-4H2,1-2H3;1-2H3. The number of fused-ring (bicyclic) bond motifs is 1. The molecule has 2 aromatic heterocycles. The van der Waals surface area contributed by atoms with Gasteiger partial charge >= 0.3 is 0 Å². The molecule has 0 fully saturated rings. The van der Waals surface area contributed by atoms with Crippen LogP contribution >= 0.6 is 0 Å². The molecule has 0 aliphatic heterocycles. The third-order valence-electron chi connectivity index (χ3n) is 2.45. The molecule has 16 heavy (non-hydrogen) atoms. The number of hydrogen-bond acceptors (Lipinski definition) is 2. The van der Waals surface area contributed by atoms with E-state index in [1.165, 1.54) is 10.9 Å². The maximum atomic E-state index is 4.36. The fourth-order valence-electron chi connectivity index (χ4n) is 1.51. The van der Waals surface area contributed by atoms with Gasteiger partial charge in [0.2, 0.25) is 0 Å². The molecule has 0 N–H and O–H groups in total. The van der Waals surface area contributed by atoms with Gasteiger partial charge in [0.1, 0.15) is 0 Å². The second kappa shape index (κ2) is 6.21. The summed E-state index contributed by atoms with van der Waals surface area (Å²) < 4.78 is 0. The summed E-state index contributed by atoms with van der Waals surface area (Å²) in [6.07, 6.45) is 5.79. The molecule has 0 atom stereocenters. The summed E-state index contributed by atoms with van der Waals surface area (Å²) >= 11 is 0. The van der Waals surface area contributed by atoms with Gasteiger partial charge in [-0.25, -0.2) is 0 Å². The Kier molecular flexibility index (Phi) is 4.90. The van der Waals surface area contributed by atoms with Crippen LogP contribution in [0.1, 0.15) is 39.0 Å². The molecule has 0 saturated carbocycles. The number of aryl methyl sites for hydroxylation is 2. The Morgan fingerprint density at radius 2 is 1.69 bits per heavy atom. The van der Waals surface area contributed by atoms with Gasteiger partial charge in [0, 0.05) is 17.3 Å². The normalized spacial score (nSPS) is 9.75. The van der Waals surface area contributed by atoms with Crippen LogP contribution in [0.15, 0.2) is 24.5 Å². The number of nitrogens with zero attached hydrogens (tertiary/aromatic N) is 2. The molecule has 2 rings (SSSR count). The zero-order valence-electron chi connectivity index (χ0n) is 10.6. The van der Waals surface area contributed by atoms with Gasteiger partial charge in [-0.1, -0.05) is 27.7 Å². The van der Waals surface area contributed by atoms with Gasteiger partial charge in [0.05, 0.1) is 11.7 Å². The predicted molar refractivity (Wildman–Crippen MR) is 69.6 cm³/mol. The van der Waals surface area contributed by atoms with Gasteiger partial charge in [-0.2, -0.15) is 0 Å². The van der Waals surface area contributed by atoms with Gasteiger partial charge in [0.15, 0.2) is 0 Å². The molecule has 0 amide bonds. The first-order valence-electron chi connectivity index (χ1n) is 6.07. The number of hydrogen-bond donors (Lipinski definition) is 0. The molecular formula is C14H20N2. The van der Waals surface area contributed by atoms with E-state index in [4.69, 9.17) is 0 Å². The predicted octanol–water partition coefficient (Wildman–Crippen LogP) is 3.78. The highest BCUT2D eigenvalue weighted by atomic mass is 14.7. The topological polar surface area (TPSA) is 25.8 Å². The van der Waals surface area contributed by atoms with Gasteiger partial charge in [-0.05, 0) is 30.5 Å². The monoisotopic (exact) mass is 216 g/mol. The van der Waals surface area contributed by atoms with Crippen LogP contribution in [-0.2, 0) is 12.8 Å². The van der Waals surface area contributed by atoms with Crippen LogP contribution in [0.2, 0.25) is 0 Å². The van der Waals surface area contributed by atoms with E-state index in [0.717, 1.165) is 24.1 Å². The van der Waals surface area contributed by atoms with Crippen molar-refractivity contribution in [3.63, 3.8) is 0 Å². The first-order valence-corrected chi connectivity index (χ1v) is 6.07. The fraction of sp³-hybridized carbons (Fsp3) is 0.429. The second-order valence-electron chi connectivity index (χ2n) is 3.42. The number of rotatable bonds is 2. The van der Waals surface area contributed by atoms with Crippen molar-refractivity contribution >= 4 is 10.9 Å². The molecule has 86 valence electrons. The number of pyridine rings is 2. The van der Waals surface area contributed by atoms with E-state index in [2.05, 4.69) is 35.9 Å². The zero-order valence-corrected chi connectivity index (χ0v) is 10.6. The third kappa shape index (κ3) is 2.78. The molecule has 0 saturated heterocycles. The Morgan fingerprint density at radius 1 is 0.938 bits per heavy atom. The summed E-state index contributed by atoms with van der Waals surface area (Å²) in [7, 11) is 0. The van der Waals surface area contributed by atoms with Crippen molar-refractivity contribution in [3.8, 4) is 0 Å². The SMILES string of the molecule is CC.CCc1cnc2cnc(CC)cc2c1. The van der Waals surface area contributed by atoms with E-state index in [1.807, 2.05) is 26.2 Å². The maximum Gasteiger partial charge on any atom is 0.0885 e. The Bertz CT molecular complexity index is 411. The third-order valence-corrected chi connectivity index (χ3v) is 2.45. The van der Waals surface area contributed by atoms with Crippen LogP contribution in [0.5, 0.6) is 0 Å². The lowest BCUT2D eigenvalue weighted by Gasteiger charge is -2.01. The molecular weight excluding hydrogens is 196 g/mol. The molecule has 2 heteroatoms. The van der Waals surface area contributed by atoms with Gasteiger partial charge in [-0.3, -0.25) is 9.97 Å². The first kappa shape index (κ1) is 12.6. The lowest BCUT2D eigenvalue weighted by atomic mass is 10.1. The smallest absolute Gasteiger partial charge is 0.0885 e. The highest BCUT2D eigenvalue weighted by molar-refractivity contribution is 5.78. The molecule has 0 aromatic carbocycles. The molecule has 2 nitrogen and oxygen atoms in total. The minimum Gasteiger partial charge on any atom is -0.259 e. The molecule has 0 aliphatic rings. The summed E-state index contributed by atoms with van der Waals surface area (Å²) in [5, 5.41) is 1.20. The molecule has 0 unspecified atom stereocenters. The largest absolute Gasteiger partial charge is 0.259 e. The first-order chi connectivity index (χ1) is 7.83. The van der Waals surface area contributed by atoms with Crippen LogP contribution in [0.3, 0.4) is 0 Å². The zero-order chi connectivity index (χ0) is 12.0. The summed E-state index contributed by atoms with van der Waals surface area (Å²) in [5.41, 5.74) is 3.40. The van der Waals surface area contributed by atoms with Crippen molar-refractivity contribution in [1.29, 1.82) is 0 Å². The lowest BCUT2D eigenvalue weighted by Crippen LogP contribution is -1.90. The van der Waals surface area contributed by atoms with Crippen molar-refractivity contribution in [2.75, 3.05) is 0 Å². The summed E-state index contributed by atoms with van der Waals surface area (Å²) in [6, 6.07) is 4.32. The van der Waals surface area contributed by atoms with Gasteiger partial charge in [-0.15, -0.1) is 0 Å². The van der Waals surface area contributed by atoms with E-state index >= 15 is 0 Å². The average Bonchev–Trinajstić information content (AvgIpc) is 2.39. The molecule has 0 radical (unpaired) electrons. The highest BCUT2D eigenvalue weighted by Crippen LogP contribution is 2.14. The van der Waals surface area contributed by atoms with Gasteiger partial charge in [0.25, 0.3) is 0 Å². The molecule has 2 heterocycles. The van der Waals surface area contributed by atoms with E-state index in [0.29, 0.717) is 0 Å². The van der Waals surface area contributed by atoms with Crippen molar-refractivity contribution in [2.24, 2.45) is 0 Å². The quantitative estimate of drug-likeness (QED) is 0.763. The lowest BCUT2D eigenvalue weighted by molar-refractivity contribution is 1.04. The molecule has 0 aliphatic carbocycles. The van der Waals surface area contributed by atoms with Crippen LogP contribution < -0.4 is 0 Å². The van der Waals surface area contributed by atoms with Crippen LogP contribution in [-0.4, -0.2) is 9.97 Å². The summed E-state index contributed by atoms with van der Waals surface area (Å²) in [4.78, 5) is 8.68. The van der Waals surface area contributed by atoms with Gasteiger partial charge < -0.3 is 0 Å². The summed E-state index contributed by atoms with van der Waals surface area (Å²) in [6.45, 7) is 8.26. The van der Waals surface area contributed by atoms with E-state index in [-0.39, 0.29) is 0 Å². The second-order valence-corrected chi connectivity index (χ2v) is 3.42. The number of aromatic nitrogens is 2. The van der Waals surface area contributed by atoms with E-state index in [1.54, 1.807) is 0 Å². The van der Waals surface area contributed by atoms with Crippen molar-refractivity contribution in [3.05, 3.63) is 35.8 Å². The van der Waals surface area contributed by atoms with Crippen LogP contribution in [0, 0.1) is 0 Å². The summed E-state index contributed by atoms with van der Waals surface area (Å²) in [5.74, 6) is 0. The highest BCUT2D eigenvalue weighted by Gasteiger charge is 1.98.